The lowest BCUT2D eigenvalue weighted by Gasteiger charge is -2.41. The average molecular weight is 380 g/mol. The highest BCUT2D eigenvalue weighted by molar-refractivity contribution is 5.87. The smallest absolute Gasteiger partial charge is 0.246 e. The molecule has 0 saturated carbocycles. The van der Waals surface area contributed by atoms with Crippen LogP contribution < -0.4 is 0 Å². The normalized spacial score (nSPS) is 16.9. The van der Waals surface area contributed by atoms with Crippen LogP contribution in [0, 0.1) is 13.8 Å². The minimum atomic E-state index is -0.0735. The van der Waals surface area contributed by atoms with E-state index in [0.717, 1.165) is 23.4 Å². The van der Waals surface area contributed by atoms with Gasteiger partial charge >= 0.3 is 0 Å². The highest BCUT2D eigenvalue weighted by Crippen LogP contribution is 2.17. The van der Waals surface area contributed by atoms with Crippen molar-refractivity contribution in [2.45, 2.75) is 39.3 Å². The summed E-state index contributed by atoms with van der Waals surface area (Å²) in [5.74, 6) is 0.0342. The number of carbonyl (C=O) groups is 2. The number of hydrogen-bond donors (Lipinski definition) is 0. The van der Waals surface area contributed by atoms with Gasteiger partial charge in [-0.05, 0) is 38.0 Å². The van der Waals surface area contributed by atoms with Gasteiger partial charge in [-0.15, -0.1) is 0 Å². The molecule has 0 aliphatic carbocycles. The molecule has 1 aliphatic rings. The third-order valence-corrected chi connectivity index (χ3v) is 5.25. The molecular weight excluding hydrogens is 352 g/mol. The topological polar surface area (TPSA) is 58.4 Å². The summed E-state index contributed by atoms with van der Waals surface area (Å²) in [5.41, 5.74) is 3.18. The van der Waals surface area contributed by atoms with Gasteiger partial charge in [0.15, 0.2) is 0 Å². The lowest BCUT2D eigenvalue weighted by Crippen LogP contribution is -2.57. The molecule has 0 N–H and O–H groups in total. The van der Waals surface area contributed by atoms with E-state index in [2.05, 4.69) is 23.8 Å². The van der Waals surface area contributed by atoms with E-state index in [1.54, 1.807) is 0 Å². The van der Waals surface area contributed by atoms with E-state index in [-0.39, 0.29) is 17.9 Å². The summed E-state index contributed by atoms with van der Waals surface area (Å²) in [4.78, 5) is 28.8. The molecule has 0 unspecified atom stereocenters. The fraction of sp³-hybridized carbons (Fsp3) is 0.409. The first-order valence-corrected chi connectivity index (χ1v) is 9.73. The molecule has 0 spiro atoms. The molecule has 6 nitrogen and oxygen atoms in total. The number of nitrogens with zero attached hydrogens (tertiary/aromatic N) is 4. The van der Waals surface area contributed by atoms with Crippen molar-refractivity contribution in [3.63, 3.8) is 0 Å². The van der Waals surface area contributed by atoms with Crippen molar-refractivity contribution in [1.29, 1.82) is 0 Å². The first-order chi connectivity index (χ1) is 13.5. The third-order valence-electron chi connectivity index (χ3n) is 5.25. The van der Waals surface area contributed by atoms with Crippen LogP contribution in [0.25, 0.3) is 0 Å². The first-order valence-electron chi connectivity index (χ1n) is 9.73. The van der Waals surface area contributed by atoms with Crippen molar-refractivity contribution in [2.24, 2.45) is 0 Å². The van der Waals surface area contributed by atoms with Gasteiger partial charge in [-0.2, -0.15) is 5.10 Å². The highest BCUT2D eigenvalue weighted by Gasteiger charge is 2.31. The Morgan fingerprint density at radius 2 is 1.96 bits per heavy atom. The lowest BCUT2D eigenvalue weighted by molar-refractivity contribution is -0.140. The number of aryl methyl sites for hydroxylation is 3. The second-order valence-electron chi connectivity index (χ2n) is 7.32. The number of aromatic nitrogens is 2. The second-order valence-corrected chi connectivity index (χ2v) is 7.32. The Morgan fingerprint density at radius 3 is 2.61 bits per heavy atom. The quantitative estimate of drug-likeness (QED) is 0.723. The molecule has 1 aromatic heterocycles. The fourth-order valence-corrected chi connectivity index (χ4v) is 3.81. The van der Waals surface area contributed by atoms with Gasteiger partial charge in [0.2, 0.25) is 11.8 Å². The molecule has 1 aliphatic heterocycles. The molecule has 0 bridgehead atoms. The molecule has 148 valence electrons. The van der Waals surface area contributed by atoms with Crippen molar-refractivity contribution >= 4 is 11.8 Å². The van der Waals surface area contributed by atoms with E-state index in [0.29, 0.717) is 32.6 Å². The van der Waals surface area contributed by atoms with Crippen LogP contribution in [0.15, 0.2) is 49.1 Å². The van der Waals surface area contributed by atoms with Gasteiger partial charge in [0, 0.05) is 38.3 Å². The molecule has 2 amide bonds. The van der Waals surface area contributed by atoms with Crippen molar-refractivity contribution in [2.75, 3.05) is 19.6 Å². The molecule has 1 saturated heterocycles. The Bertz CT molecular complexity index is 843. The van der Waals surface area contributed by atoms with Crippen LogP contribution in [0.1, 0.15) is 23.4 Å². The Balaban J connectivity index is 1.65. The zero-order valence-corrected chi connectivity index (χ0v) is 16.7. The van der Waals surface area contributed by atoms with Crippen molar-refractivity contribution in [3.05, 3.63) is 66.0 Å². The molecule has 28 heavy (non-hydrogen) atoms. The van der Waals surface area contributed by atoms with Crippen LogP contribution in [0.2, 0.25) is 0 Å². The van der Waals surface area contributed by atoms with E-state index >= 15 is 0 Å². The molecule has 2 aromatic rings. The SMILES string of the molecule is C=CC(=O)N1CCN(C(=O)CCn2nc(C)cc2C)C[C@@H]1Cc1ccccc1. The zero-order chi connectivity index (χ0) is 20.1. The summed E-state index contributed by atoms with van der Waals surface area (Å²) in [7, 11) is 0. The maximum atomic E-state index is 12.8. The van der Waals surface area contributed by atoms with E-state index in [9.17, 15) is 9.59 Å². The minimum absolute atomic E-state index is 0.0423. The number of hydrogen-bond acceptors (Lipinski definition) is 3. The number of carbonyl (C=O) groups excluding carboxylic acids is 2. The summed E-state index contributed by atoms with van der Waals surface area (Å²) in [6.07, 6.45) is 2.50. The van der Waals surface area contributed by atoms with E-state index < -0.39 is 0 Å². The Kier molecular flexibility index (Phi) is 6.29. The van der Waals surface area contributed by atoms with Crippen LogP contribution in [0.5, 0.6) is 0 Å². The standard InChI is InChI=1S/C22H28N4O2/c1-4-21(27)25-13-12-24(16-20(25)15-19-8-6-5-7-9-19)22(28)10-11-26-18(3)14-17(2)23-26/h4-9,14,20H,1,10-13,15-16H2,2-3H3/t20-/m0/s1. The molecule has 1 aromatic carbocycles. The molecule has 1 fully saturated rings. The highest BCUT2D eigenvalue weighted by atomic mass is 16.2. The van der Waals surface area contributed by atoms with Crippen molar-refractivity contribution in [3.8, 4) is 0 Å². The predicted octanol–water partition coefficient (Wildman–Crippen LogP) is 2.36. The summed E-state index contributed by atoms with van der Waals surface area (Å²) >= 11 is 0. The van der Waals surface area contributed by atoms with Crippen molar-refractivity contribution < 1.29 is 9.59 Å². The predicted molar refractivity (Wildman–Crippen MR) is 109 cm³/mol. The Labute approximate surface area is 166 Å². The number of amides is 2. The monoisotopic (exact) mass is 380 g/mol. The minimum Gasteiger partial charge on any atom is -0.339 e. The van der Waals surface area contributed by atoms with Gasteiger partial charge in [0.1, 0.15) is 0 Å². The van der Waals surface area contributed by atoms with Gasteiger partial charge in [0.25, 0.3) is 0 Å². The molecule has 6 heteroatoms. The number of benzene rings is 1. The summed E-state index contributed by atoms with van der Waals surface area (Å²) in [5, 5.41) is 4.43. The van der Waals surface area contributed by atoms with Crippen LogP contribution >= 0.6 is 0 Å². The van der Waals surface area contributed by atoms with Gasteiger partial charge in [-0.1, -0.05) is 36.9 Å². The average Bonchev–Trinajstić information content (AvgIpc) is 3.03. The number of rotatable bonds is 6. The van der Waals surface area contributed by atoms with Gasteiger partial charge in [0.05, 0.1) is 11.7 Å². The second kappa shape index (κ2) is 8.87. The molecule has 0 radical (unpaired) electrons. The maximum Gasteiger partial charge on any atom is 0.246 e. The van der Waals surface area contributed by atoms with E-state index in [4.69, 9.17) is 0 Å². The molecular formula is C22H28N4O2. The van der Waals surface area contributed by atoms with Crippen LogP contribution in [-0.2, 0) is 22.6 Å². The molecule has 3 rings (SSSR count). The summed E-state index contributed by atoms with van der Waals surface area (Å²) < 4.78 is 1.88. The lowest BCUT2D eigenvalue weighted by atomic mass is 10.0. The van der Waals surface area contributed by atoms with Crippen molar-refractivity contribution in [1.82, 2.24) is 19.6 Å². The largest absolute Gasteiger partial charge is 0.339 e. The molecule has 2 heterocycles. The van der Waals surface area contributed by atoms with Crippen LogP contribution in [0.4, 0.5) is 0 Å². The molecule has 1 atom stereocenters. The maximum absolute atomic E-state index is 12.8. The zero-order valence-electron chi connectivity index (χ0n) is 16.7. The Morgan fingerprint density at radius 1 is 1.21 bits per heavy atom. The Hall–Kier alpha value is -2.89. The van der Waals surface area contributed by atoms with Gasteiger partial charge in [-0.25, -0.2) is 0 Å². The van der Waals surface area contributed by atoms with E-state index in [1.165, 1.54) is 6.08 Å². The number of piperazine rings is 1. The fourth-order valence-electron chi connectivity index (χ4n) is 3.81. The third kappa shape index (κ3) is 4.68. The van der Waals surface area contributed by atoms with Crippen LogP contribution in [0.3, 0.4) is 0 Å². The summed E-state index contributed by atoms with van der Waals surface area (Å²) in [6.45, 7) is 9.79. The van der Waals surface area contributed by atoms with Gasteiger partial charge in [-0.3, -0.25) is 14.3 Å². The van der Waals surface area contributed by atoms with Crippen LogP contribution in [-0.4, -0.2) is 57.1 Å². The summed E-state index contributed by atoms with van der Waals surface area (Å²) in [6, 6.07) is 12.1. The first kappa shape index (κ1) is 19.9. The van der Waals surface area contributed by atoms with E-state index in [1.807, 2.05) is 52.6 Å². The van der Waals surface area contributed by atoms with Gasteiger partial charge < -0.3 is 9.80 Å².